The summed E-state index contributed by atoms with van der Waals surface area (Å²) < 4.78 is 32.0. The van der Waals surface area contributed by atoms with Gasteiger partial charge in [-0.2, -0.15) is 5.10 Å². The Hall–Kier alpha value is -3.72. The van der Waals surface area contributed by atoms with Gasteiger partial charge in [0.25, 0.3) is 5.91 Å². The molecule has 0 aliphatic heterocycles. The number of hydrogen-bond acceptors (Lipinski definition) is 6. The van der Waals surface area contributed by atoms with E-state index in [0.717, 1.165) is 0 Å². The molecule has 0 atom stereocenters. The molecule has 1 N–H and O–H groups in total. The molecule has 1 amide bonds. The number of rotatable bonds is 6. The van der Waals surface area contributed by atoms with Crippen molar-refractivity contribution in [3.63, 3.8) is 0 Å². The second kappa shape index (κ2) is 7.72. The second-order valence-electron chi connectivity index (χ2n) is 6.16. The highest BCUT2D eigenvalue weighted by atomic mass is 32.2. The number of sulfone groups is 1. The third kappa shape index (κ3) is 4.09. The summed E-state index contributed by atoms with van der Waals surface area (Å²) in [7, 11) is -3.60. The van der Waals surface area contributed by atoms with Gasteiger partial charge in [0.2, 0.25) is 0 Å². The molecule has 8 nitrogen and oxygen atoms in total. The molecule has 4 aromatic rings. The summed E-state index contributed by atoms with van der Waals surface area (Å²) in [5, 5.41) is 6.75. The van der Waals surface area contributed by atoms with Crippen molar-refractivity contribution in [1.82, 2.24) is 14.8 Å². The molecular formula is C20H16N4O4S. The van der Waals surface area contributed by atoms with Crippen molar-refractivity contribution in [2.75, 3.05) is 5.32 Å². The third-order valence-electron chi connectivity index (χ3n) is 4.15. The topological polar surface area (TPSA) is 107 Å². The smallest absolute Gasteiger partial charge is 0.291 e. The number of furan rings is 1. The fraction of sp³-hybridized carbons (Fsp3) is 0.0500. The summed E-state index contributed by atoms with van der Waals surface area (Å²) >= 11 is 0. The molecule has 3 heterocycles. The van der Waals surface area contributed by atoms with E-state index in [2.05, 4.69) is 15.4 Å². The van der Waals surface area contributed by atoms with Crippen LogP contribution < -0.4 is 5.32 Å². The number of carbonyl (C=O) groups is 1. The minimum Gasteiger partial charge on any atom is -0.459 e. The molecule has 0 saturated carbocycles. The lowest BCUT2D eigenvalue weighted by Gasteiger charge is -2.07. The Bertz CT molecular complexity index is 1220. The summed E-state index contributed by atoms with van der Waals surface area (Å²) in [6.45, 7) is 0. The number of nitrogens with zero attached hydrogens (tertiary/aromatic N) is 3. The first-order valence-electron chi connectivity index (χ1n) is 8.64. The number of hydrogen-bond donors (Lipinski definition) is 1. The molecule has 29 heavy (non-hydrogen) atoms. The first kappa shape index (κ1) is 18.6. The fourth-order valence-corrected chi connectivity index (χ4v) is 4.13. The zero-order chi connectivity index (χ0) is 20.3. The van der Waals surface area contributed by atoms with E-state index >= 15 is 0 Å². The minimum absolute atomic E-state index is 0.0549. The van der Waals surface area contributed by atoms with Gasteiger partial charge in [-0.25, -0.2) is 18.1 Å². The number of pyridine rings is 1. The average molecular weight is 408 g/mol. The van der Waals surface area contributed by atoms with Crippen LogP contribution in [-0.4, -0.2) is 29.1 Å². The third-order valence-corrected chi connectivity index (χ3v) is 5.83. The zero-order valence-corrected chi connectivity index (χ0v) is 15.9. The zero-order valence-electron chi connectivity index (χ0n) is 15.1. The number of anilines is 1. The number of carbonyl (C=O) groups excluding carboxylic acids is 1. The highest BCUT2D eigenvalue weighted by Gasteiger charge is 2.22. The summed E-state index contributed by atoms with van der Waals surface area (Å²) in [4.78, 5) is 17.0. The van der Waals surface area contributed by atoms with E-state index in [1.165, 1.54) is 30.7 Å². The molecule has 0 bridgehead atoms. The van der Waals surface area contributed by atoms with Gasteiger partial charge in [-0.3, -0.25) is 4.79 Å². The van der Waals surface area contributed by atoms with Crippen LogP contribution >= 0.6 is 0 Å². The van der Waals surface area contributed by atoms with E-state index in [0.29, 0.717) is 11.5 Å². The Morgan fingerprint density at radius 3 is 2.59 bits per heavy atom. The van der Waals surface area contributed by atoms with Crippen molar-refractivity contribution < 1.29 is 17.6 Å². The van der Waals surface area contributed by atoms with Crippen LogP contribution in [0.3, 0.4) is 0 Å². The highest BCUT2D eigenvalue weighted by molar-refractivity contribution is 7.90. The Labute approximate surface area is 166 Å². The van der Waals surface area contributed by atoms with Gasteiger partial charge in [0.15, 0.2) is 21.4 Å². The molecule has 0 radical (unpaired) electrons. The lowest BCUT2D eigenvalue weighted by atomic mass is 10.2. The Kier molecular flexibility index (Phi) is 4.96. The monoisotopic (exact) mass is 408 g/mol. The van der Waals surface area contributed by atoms with Crippen LogP contribution in [-0.2, 0) is 15.6 Å². The van der Waals surface area contributed by atoms with Gasteiger partial charge in [0, 0.05) is 18.0 Å². The first-order chi connectivity index (χ1) is 14.0. The normalized spacial score (nSPS) is 11.3. The van der Waals surface area contributed by atoms with Crippen LogP contribution in [0, 0.1) is 0 Å². The van der Waals surface area contributed by atoms with E-state index in [1.807, 2.05) is 0 Å². The average Bonchev–Trinajstić information content (AvgIpc) is 3.41. The second-order valence-corrected chi connectivity index (χ2v) is 8.15. The van der Waals surface area contributed by atoms with E-state index in [1.54, 1.807) is 53.5 Å². The molecule has 146 valence electrons. The van der Waals surface area contributed by atoms with Crippen LogP contribution in [0.25, 0.3) is 5.82 Å². The summed E-state index contributed by atoms with van der Waals surface area (Å²) in [6, 6.07) is 14.7. The maximum absolute atomic E-state index is 12.6. The predicted octanol–water partition coefficient (Wildman–Crippen LogP) is 3.09. The minimum atomic E-state index is -3.60. The Balaban J connectivity index is 1.50. The van der Waals surface area contributed by atoms with Gasteiger partial charge in [0.1, 0.15) is 0 Å². The lowest BCUT2D eigenvalue weighted by molar-refractivity contribution is 0.0995. The Morgan fingerprint density at radius 2 is 1.90 bits per heavy atom. The van der Waals surface area contributed by atoms with Gasteiger partial charge in [-0.15, -0.1) is 0 Å². The SMILES string of the molecule is O=C(Nc1ccc(-n2cccn2)nc1)c1occc1CS(=O)(=O)c1ccccc1. The standard InChI is InChI=1S/C20H16N4O4S/c25-20(23-16-7-8-18(21-13-16)24-11-4-10-22-24)19-15(9-12-28-19)14-29(26,27)17-5-2-1-3-6-17/h1-13H,14H2,(H,23,25). The molecule has 0 fully saturated rings. The molecule has 0 spiro atoms. The van der Waals surface area contributed by atoms with Gasteiger partial charge in [-0.05, 0) is 36.4 Å². The summed E-state index contributed by atoms with van der Waals surface area (Å²) in [6.07, 6.45) is 6.17. The van der Waals surface area contributed by atoms with Crippen molar-refractivity contribution in [2.45, 2.75) is 10.6 Å². The maximum Gasteiger partial charge on any atom is 0.291 e. The Morgan fingerprint density at radius 1 is 1.07 bits per heavy atom. The van der Waals surface area contributed by atoms with Gasteiger partial charge in [0.05, 0.1) is 28.8 Å². The van der Waals surface area contributed by atoms with E-state index in [9.17, 15) is 13.2 Å². The molecule has 0 unspecified atom stereocenters. The van der Waals surface area contributed by atoms with Gasteiger partial charge < -0.3 is 9.73 Å². The van der Waals surface area contributed by atoms with Gasteiger partial charge in [-0.1, -0.05) is 18.2 Å². The molecule has 9 heteroatoms. The van der Waals surface area contributed by atoms with Gasteiger partial charge >= 0.3 is 0 Å². The van der Waals surface area contributed by atoms with E-state index < -0.39 is 15.7 Å². The maximum atomic E-state index is 12.6. The van der Waals surface area contributed by atoms with Crippen molar-refractivity contribution >= 4 is 21.4 Å². The largest absolute Gasteiger partial charge is 0.459 e. The van der Waals surface area contributed by atoms with Crippen molar-refractivity contribution in [3.8, 4) is 5.82 Å². The van der Waals surface area contributed by atoms with Crippen molar-refractivity contribution in [1.29, 1.82) is 0 Å². The first-order valence-corrected chi connectivity index (χ1v) is 10.3. The van der Waals surface area contributed by atoms with Crippen LogP contribution in [0.15, 0.2) is 88.8 Å². The van der Waals surface area contributed by atoms with Crippen LogP contribution in [0.4, 0.5) is 5.69 Å². The van der Waals surface area contributed by atoms with E-state index in [4.69, 9.17) is 4.42 Å². The summed E-state index contributed by atoms with van der Waals surface area (Å²) in [5.41, 5.74) is 0.728. The fourth-order valence-electron chi connectivity index (χ4n) is 2.75. The van der Waals surface area contributed by atoms with Crippen molar-refractivity contribution in [3.05, 3.63) is 90.8 Å². The predicted molar refractivity (Wildman–Crippen MR) is 105 cm³/mol. The lowest BCUT2D eigenvalue weighted by Crippen LogP contribution is -2.15. The molecule has 0 saturated heterocycles. The molecule has 3 aromatic heterocycles. The molecule has 0 aliphatic carbocycles. The summed E-state index contributed by atoms with van der Waals surface area (Å²) in [5.74, 6) is -0.351. The number of nitrogens with one attached hydrogen (secondary N) is 1. The van der Waals surface area contributed by atoms with Crippen LogP contribution in [0.5, 0.6) is 0 Å². The van der Waals surface area contributed by atoms with Crippen LogP contribution in [0.1, 0.15) is 16.1 Å². The highest BCUT2D eigenvalue weighted by Crippen LogP contribution is 2.21. The molecule has 1 aromatic carbocycles. The number of aromatic nitrogens is 3. The quantitative estimate of drug-likeness (QED) is 0.525. The van der Waals surface area contributed by atoms with Crippen molar-refractivity contribution in [2.24, 2.45) is 0 Å². The number of benzene rings is 1. The molecule has 4 rings (SSSR count). The van der Waals surface area contributed by atoms with Crippen LogP contribution in [0.2, 0.25) is 0 Å². The number of amides is 1. The van der Waals surface area contributed by atoms with E-state index in [-0.39, 0.29) is 22.0 Å². The molecular weight excluding hydrogens is 392 g/mol. The molecule has 0 aliphatic rings.